The van der Waals surface area contributed by atoms with Gasteiger partial charge >= 0.3 is 0 Å². The Labute approximate surface area is 276 Å². The predicted molar refractivity (Wildman–Crippen MR) is 182 cm³/mol. The van der Waals surface area contributed by atoms with Crippen LogP contribution in [0.25, 0.3) is 0 Å². The largest absolute Gasteiger partial charge is 0.396 e. The van der Waals surface area contributed by atoms with Gasteiger partial charge in [0.25, 0.3) is 5.91 Å². The standard InChI is InChI=1S/C36H44ClN3O4S/c1-4-20-38(24-26-15-9-8-10-16-26)33(42)29-28-18-19-36(45-28)30(29)34(43)40(22-11-6-7-12-23-41)32(36)35(44)39(21-5-2)31-25(3)14-13-17-27(31)37/h4-5,8-10,13-17,28-30,32,41H,1-2,6-7,11-12,18-24H2,3H3/t28-,29+,30-,32?,36?/m0/s1. The first-order valence-electron chi connectivity index (χ1n) is 16.0. The van der Waals surface area contributed by atoms with Crippen molar-refractivity contribution in [2.75, 3.05) is 31.1 Å². The van der Waals surface area contributed by atoms with Crippen molar-refractivity contribution in [3.63, 3.8) is 0 Å². The fourth-order valence-electron chi connectivity index (χ4n) is 7.64. The number of fused-ring (bicyclic) bond motifs is 1. The van der Waals surface area contributed by atoms with Crippen LogP contribution in [0.5, 0.6) is 0 Å². The molecule has 7 nitrogen and oxygen atoms in total. The Hall–Kier alpha value is -3.07. The van der Waals surface area contributed by atoms with E-state index in [1.165, 1.54) is 0 Å². The lowest BCUT2D eigenvalue weighted by molar-refractivity contribution is -0.144. The van der Waals surface area contributed by atoms with Crippen molar-refractivity contribution in [3.05, 3.63) is 90.0 Å². The molecule has 3 saturated heterocycles. The van der Waals surface area contributed by atoms with Crippen LogP contribution in [-0.2, 0) is 20.9 Å². The molecule has 0 aliphatic carbocycles. The maximum Gasteiger partial charge on any atom is 0.251 e. The van der Waals surface area contributed by atoms with Gasteiger partial charge in [0.2, 0.25) is 11.8 Å². The molecular weight excluding hydrogens is 606 g/mol. The molecule has 3 amide bonds. The van der Waals surface area contributed by atoms with Gasteiger partial charge in [0, 0.05) is 38.0 Å². The lowest BCUT2D eigenvalue weighted by atomic mass is 9.70. The van der Waals surface area contributed by atoms with Crippen LogP contribution in [0.15, 0.2) is 73.8 Å². The van der Waals surface area contributed by atoms with Crippen LogP contribution in [-0.4, -0.2) is 74.9 Å². The number of nitrogens with zero attached hydrogens (tertiary/aromatic N) is 3. The molecule has 1 spiro atoms. The summed E-state index contributed by atoms with van der Waals surface area (Å²) in [5, 5.41) is 9.69. The van der Waals surface area contributed by atoms with Crippen molar-refractivity contribution in [3.8, 4) is 0 Å². The number of amides is 3. The first kappa shape index (κ1) is 33.3. The smallest absolute Gasteiger partial charge is 0.251 e. The van der Waals surface area contributed by atoms with E-state index in [1.807, 2.05) is 49.4 Å². The number of anilines is 1. The third kappa shape index (κ3) is 6.34. The van der Waals surface area contributed by atoms with Crippen molar-refractivity contribution in [1.82, 2.24) is 9.80 Å². The van der Waals surface area contributed by atoms with Crippen molar-refractivity contribution >= 4 is 46.8 Å². The Bertz CT molecular complexity index is 1400. The number of para-hydroxylation sites is 1. The highest BCUT2D eigenvalue weighted by Gasteiger charge is 2.74. The van der Waals surface area contributed by atoms with Crippen molar-refractivity contribution in [1.29, 1.82) is 0 Å². The van der Waals surface area contributed by atoms with Crippen molar-refractivity contribution < 1.29 is 19.5 Å². The molecule has 9 heteroatoms. The molecule has 2 unspecified atom stereocenters. The monoisotopic (exact) mass is 649 g/mol. The third-order valence-corrected chi connectivity index (χ3v) is 11.8. The molecule has 0 saturated carbocycles. The highest BCUT2D eigenvalue weighted by atomic mass is 35.5. The van der Waals surface area contributed by atoms with Gasteiger partial charge in [-0.3, -0.25) is 14.4 Å². The number of aryl methyl sites for hydroxylation is 1. The molecule has 3 fully saturated rings. The van der Waals surface area contributed by atoms with E-state index < -0.39 is 22.6 Å². The summed E-state index contributed by atoms with van der Waals surface area (Å²) in [6.07, 6.45) is 8.00. The molecule has 1 N–H and O–H groups in total. The summed E-state index contributed by atoms with van der Waals surface area (Å²) < 4.78 is -0.703. The van der Waals surface area contributed by atoms with Gasteiger partial charge in [0.15, 0.2) is 0 Å². The fraction of sp³-hybridized carbons (Fsp3) is 0.472. The average Bonchev–Trinajstić information content (AvgIpc) is 3.67. The summed E-state index contributed by atoms with van der Waals surface area (Å²) in [6.45, 7) is 11.4. The van der Waals surface area contributed by atoms with E-state index >= 15 is 0 Å². The maximum absolute atomic E-state index is 14.9. The third-order valence-electron chi connectivity index (χ3n) is 9.54. The number of halogens is 1. The minimum atomic E-state index is -0.724. The molecule has 3 aliphatic heterocycles. The summed E-state index contributed by atoms with van der Waals surface area (Å²) in [5.74, 6) is -1.41. The number of rotatable bonds is 15. The fourth-order valence-corrected chi connectivity index (χ4v) is 10.2. The Morgan fingerprint density at radius 2 is 1.78 bits per heavy atom. The second kappa shape index (κ2) is 14.6. The Kier molecular flexibility index (Phi) is 10.8. The molecule has 3 aliphatic rings. The summed E-state index contributed by atoms with van der Waals surface area (Å²) in [5.41, 5.74) is 2.51. The van der Waals surface area contributed by atoms with E-state index in [4.69, 9.17) is 11.6 Å². The summed E-state index contributed by atoms with van der Waals surface area (Å²) in [7, 11) is 0. The molecule has 240 valence electrons. The zero-order chi connectivity index (χ0) is 32.1. The summed E-state index contributed by atoms with van der Waals surface area (Å²) >= 11 is 8.38. The van der Waals surface area contributed by atoms with Crippen molar-refractivity contribution in [2.24, 2.45) is 11.8 Å². The molecule has 3 heterocycles. The van der Waals surface area contributed by atoms with Crippen LogP contribution in [0.4, 0.5) is 5.69 Å². The van der Waals surface area contributed by atoms with Crippen LogP contribution < -0.4 is 4.90 Å². The second-order valence-corrected chi connectivity index (χ2v) is 14.4. The zero-order valence-electron chi connectivity index (χ0n) is 26.1. The first-order valence-corrected chi connectivity index (χ1v) is 17.2. The topological polar surface area (TPSA) is 81.2 Å². The number of carbonyl (C=O) groups is 3. The van der Waals surface area contributed by atoms with Gasteiger partial charge in [-0.2, -0.15) is 0 Å². The number of likely N-dealkylation sites (tertiary alicyclic amines) is 1. The highest BCUT2D eigenvalue weighted by molar-refractivity contribution is 8.02. The molecule has 0 radical (unpaired) electrons. The second-order valence-electron chi connectivity index (χ2n) is 12.4. The molecule has 45 heavy (non-hydrogen) atoms. The van der Waals surface area contributed by atoms with Gasteiger partial charge < -0.3 is 19.8 Å². The molecule has 2 bridgehead atoms. The van der Waals surface area contributed by atoms with E-state index in [0.29, 0.717) is 49.6 Å². The normalized spacial score (nSPS) is 24.9. The van der Waals surface area contributed by atoms with Gasteiger partial charge in [-0.1, -0.05) is 79.1 Å². The number of hydrogen-bond donors (Lipinski definition) is 1. The minimum absolute atomic E-state index is 0.0357. The maximum atomic E-state index is 14.9. The number of carbonyl (C=O) groups excluding carboxylic acids is 3. The molecule has 2 aromatic carbocycles. The molecular formula is C36H44ClN3O4S. The zero-order valence-corrected chi connectivity index (χ0v) is 27.6. The van der Waals surface area contributed by atoms with E-state index in [-0.39, 0.29) is 36.1 Å². The summed E-state index contributed by atoms with van der Waals surface area (Å²) in [6, 6.07) is 14.7. The van der Waals surface area contributed by atoms with Crippen LogP contribution in [0.1, 0.15) is 49.7 Å². The van der Waals surface area contributed by atoms with Crippen molar-refractivity contribution in [2.45, 2.75) is 68.0 Å². The number of unbranched alkanes of at least 4 members (excludes halogenated alkanes) is 3. The Balaban J connectivity index is 1.52. The number of benzene rings is 2. The van der Waals surface area contributed by atoms with E-state index in [2.05, 4.69) is 13.2 Å². The minimum Gasteiger partial charge on any atom is -0.396 e. The Morgan fingerprint density at radius 1 is 1.04 bits per heavy atom. The Morgan fingerprint density at radius 3 is 2.47 bits per heavy atom. The lowest BCUT2D eigenvalue weighted by Crippen LogP contribution is -2.55. The summed E-state index contributed by atoms with van der Waals surface area (Å²) in [4.78, 5) is 49.1. The van der Waals surface area contributed by atoms with Gasteiger partial charge in [-0.15, -0.1) is 24.9 Å². The number of aliphatic hydroxyl groups excluding tert-OH is 1. The average molecular weight is 650 g/mol. The SMILES string of the molecule is C=CCN(Cc1ccccc1)C(=O)[C@@H]1[C@@H]2CCC3(S2)C(C(=O)N(CC=C)c2c(C)cccc2Cl)N(CCCCCCO)C(=O)[C@H]13. The highest BCUT2D eigenvalue weighted by Crippen LogP contribution is 2.67. The molecule has 5 rings (SSSR count). The van der Waals surface area contributed by atoms with Crippen LogP contribution in [0, 0.1) is 18.8 Å². The molecule has 0 aromatic heterocycles. The van der Waals surface area contributed by atoms with Gasteiger partial charge in [-0.05, 0) is 49.8 Å². The quantitative estimate of drug-likeness (QED) is 0.188. The van der Waals surface area contributed by atoms with Crippen LogP contribution in [0.2, 0.25) is 5.02 Å². The van der Waals surface area contributed by atoms with E-state index in [1.54, 1.807) is 44.7 Å². The lowest BCUT2D eigenvalue weighted by Gasteiger charge is -2.38. The number of hydrogen-bond acceptors (Lipinski definition) is 5. The number of thioether (sulfide) groups is 1. The van der Waals surface area contributed by atoms with E-state index in [9.17, 15) is 19.5 Å². The number of aliphatic hydroxyl groups is 1. The van der Waals surface area contributed by atoms with Gasteiger partial charge in [0.1, 0.15) is 6.04 Å². The first-order chi connectivity index (χ1) is 21.8. The molecule has 5 atom stereocenters. The predicted octanol–water partition coefficient (Wildman–Crippen LogP) is 6.03. The van der Waals surface area contributed by atoms with Gasteiger partial charge in [-0.25, -0.2) is 0 Å². The van der Waals surface area contributed by atoms with Crippen LogP contribution >= 0.6 is 23.4 Å². The molecule has 2 aromatic rings. The van der Waals surface area contributed by atoms with Crippen LogP contribution in [0.3, 0.4) is 0 Å². The van der Waals surface area contributed by atoms with E-state index in [0.717, 1.165) is 30.4 Å². The van der Waals surface area contributed by atoms with Gasteiger partial charge in [0.05, 0.1) is 27.3 Å².